The van der Waals surface area contributed by atoms with Gasteiger partial charge in [-0.3, -0.25) is 14.4 Å². The van der Waals surface area contributed by atoms with Gasteiger partial charge in [0.25, 0.3) is 0 Å². The Morgan fingerprint density at radius 2 is 2.00 bits per heavy atom. The maximum atomic E-state index is 12.7. The summed E-state index contributed by atoms with van der Waals surface area (Å²) in [5.74, 6) is -1.77. The molecule has 0 spiro atoms. The molecule has 10 heteroatoms. The topological polar surface area (TPSA) is 88.3 Å². The first-order valence-corrected chi connectivity index (χ1v) is 8.63. The first-order chi connectivity index (χ1) is 12.7. The molecule has 27 heavy (non-hydrogen) atoms. The molecule has 0 radical (unpaired) electrons. The molecule has 1 aliphatic rings. The van der Waals surface area contributed by atoms with Gasteiger partial charge in [-0.1, -0.05) is 0 Å². The highest BCUT2D eigenvalue weighted by Gasteiger charge is 2.34. The Morgan fingerprint density at radius 3 is 2.67 bits per heavy atom. The molecule has 1 atom stereocenters. The number of ether oxygens (including phenoxy) is 1. The number of carbonyl (C=O) groups excluding carboxylic acids is 3. The normalized spacial score (nSPS) is 16.4. The van der Waals surface area contributed by atoms with Gasteiger partial charge in [0.15, 0.2) is 6.61 Å². The maximum Gasteiger partial charge on any atom is 0.416 e. The van der Waals surface area contributed by atoms with E-state index in [1.165, 1.54) is 12.1 Å². The number of benzene rings is 1. The van der Waals surface area contributed by atoms with Gasteiger partial charge in [-0.25, -0.2) is 0 Å². The van der Waals surface area contributed by atoms with Crippen LogP contribution in [0.4, 0.5) is 18.9 Å². The summed E-state index contributed by atoms with van der Waals surface area (Å²) in [7, 11) is 0. The fourth-order valence-electron chi connectivity index (χ4n) is 2.40. The third kappa shape index (κ3) is 4.51. The van der Waals surface area contributed by atoms with Crippen LogP contribution in [0.5, 0.6) is 0 Å². The monoisotopic (exact) mass is 398 g/mol. The van der Waals surface area contributed by atoms with E-state index < -0.39 is 41.3 Å². The standard InChI is InChI=1S/C17H13F3N2O4S/c18-17(19,20)9-3-4-13-11(6-9)22-16(25)14(27-13)7-15(24)26-8-12(23)10-2-1-5-21-10/h1-6,14,21H,7-8H2,(H,22,25)/t14-/m0/s1. The van der Waals surface area contributed by atoms with Crippen molar-refractivity contribution in [2.45, 2.75) is 22.7 Å². The van der Waals surface area contributed by atoms with Crippen LogP contribution in [0, 0.1) is 0 Å². The molecule has 2 heterocycles. The minimum Gasteiger partial charge on any atom is -0.457 e. The number of anilines is 1. The van der Waals surface area contributed by atoms with Crippen LogP contribution in [0.2, 0.25) is 0 Å². The summed E-state index contributed by atoms with van der Waals surface area (Å²) in [4.78, 5) is 38.9. The number of alkyl halides is 3. The van der Waals surface area contributed by atoms with E-state index in [4.69, 9.17) is 4.74 Å². The Bertz CT molecular complexity index is 881. The first-order valence-electron chi connectivity index (χ1n) is 7.75. The van der Waals surface area contributed by atoms with Crippen LogP contribution in [0.15, 0.2) is 41.4 Å². The smallest absolute Gasteiger partial charge is 0.416 e. The lowest BCUT2D eigenvalue weighted by atomic mass is 10.1. The van der Waals surface area contributed by atoms with Crippen molar-refractivity contribution in [1.29, 1.82) is 0 Å². The van der Waals surface area contributed by atoms with Crippen molar-refractivity contribution in [2.75, 3.05) is 11.9 Å². The maximum absolute atomic E-state index is 12.7. The van der Waals surface area contributed by atoms with Crippen molar-refractivity contribution in [3.05, 3.63) is 47.8 Å². The number of nitrogens with one attached hydrogen (secondary N) is 2. The minimum atomic E-state index is -4.52. The van der Waals surface area contributed by atoms with Crippen molar-refractivity contribution in [2.24, 2.45) is 0 Å². The van der Waals surface area contributed by atoms with E-state index in [0.29, 0.717) is 10.6 Å². The average Bonchev–Trinajstić information content (AvgIpc) is 3.14. The zero-order valence-corrected chi connectivity index (χ0v) is 14.4. The van der Waals surface area contributed by atoms with Crippen LogP contribution in [0.3, 0.4) is 0 Å². The Labute approximate surface area is 155 Å². The molecule has 1 aliphatic heterocycles. The molecule has 0 unspecified atom stereocenters. The quantitative estimate of drug-likeness (QED) is 0.596. The van der Waals surface area contributed by atoms with Gasteiger partial charge in [0.05, 0.1) is 28.6 Å². The van der Waals surface area contributed by atoms with Gasteiger partial charge in [-0.15, -0.1) is 11.8 Å². The fraction of sp³-hybridized carbons (Fsp3) is 0.235. The summed E-state index contributed by atoms with van der Waals surface area (Å²) in [5, 5.41) is 1.52. The van der Waals surface area contributed by atoms with Gasteiger partial charge in [0.2, 0.25) is 11.7 Å². The van der Waals surface area contributed by atoms with Crippen LogP contribution in [-0.2, 0) is 20.5 Å². The molecule has 0 bridgehead atoms. The lowest BCUT2D eigenvalue weighted by Crippen LogP contribution is -2.32. The van der Waals surface area contributed by atoms with Gasteiger partial charge in [0, 0.05) is 11.1 Å². The van der Waals surface area contributed by atoms with Crippen molar-refractivity contribution in [3.8, 4) is 0 Å². The van der Waals surface area contributed by atoms with E-state index in [9.17, 15) is 27.6 Å². The molecule has 0 fully saturated rings. The van der Waals surface area contributed by atoms with Crippen molar-refractivity contribution in [1.82, 2.24) is 4.98 Å². The average molecular weight is 398 g/mol. The lowest BCUT2D eigenvalue weighted by molar-refractivity contribution is -0.143. The number of amides is 1. The summed E-state index contributed by atoms with van der Waals surface area (Å²) in [5.41, 5.74) is -0.531. The van der Waals surface area contributed by atoms with Crippen molar-refractivity contribution < 1.29 is 32.3 Å². The van der Waals surface area contributed by atoms with Crippen LogP contribution < -0.4 is 5.32 Å². The Kier molecular flexibility index (Phi) is 5.26. The second kappa shape index (κ2) is 7.47. The Morgan fingerprint density at radius 1 is 1.22 bits per heavy atom. The van der Waals surface area contributed by atoms with E-state index in [-0.39, 0.29) is 12.1 Å². The molecule has 0 saturated carbocycles. The summed E-state index contributed by atoms with van der Waals surface area (Å²) in [6, 6.07) is 6.17. The fourth-order valence-corrected chi connectivity index (χ4v) is 3.47. The second-order valence-electron chi connectivity index (χ2n) is 5.68. The molecule has 2 aromatic rings. The molecule has 1 aromatic heterocycles. The SMILES string of the molecule is O=C(C[C@@H]1Sc2ccc(C(F)(F)F)cc2NC1=O)OCC(=O)c1ccc[nH]1. The molecule has 1 amide bonds. The molecule has 0 aliphatic carbocycles. The number of rotatable bonds is 5. The van der Waals surface area contributed by atoms with Crippen molar-refractivity contribution in [3.63, 3.8) is 0 Å². The second-order valence-corrected chi connectivity index (χ2v) is 6.92. The largest absolute Gasteiger partial charge is 0.457 e. The van der Waals surface area contributed by atoms with Gasteiger partial charge in [-0.05, 0) is 30.3 Å². The molecule has 0 saturated heterocycles. The number of Topliss-reactive ketones (excluding diaryl/α,β-unsaturated/α-hetero) is 1. The summed E-state index contributed by atoms with van der Waals surface area (Å²) >= 11 is 0.973. The number of esters is 1. The van der Waals surface area contributed by atoms with Crippen LogP contribution in [0.1, 0.15) is 22.5 Å². The molecular weight excluding hydrogens is 385 g/mol. The molecule has 1 aromatic carbocycles. The number of carbonyl (C=O) groups is 3. The van der Waals surface area contributed by atoms with Crippen LogP contribution in [-0.4, -0.2) is 34.5 Å². The molecule has 3 rings (SSSR count). The third-order valence-electron chi connectivity index (χ3n) is 3.74. The van der Waals surface area contributed by atoms with E-state index in [0.717, 1.165) is 23.9 Å². The highest BCUT2D eigenvalue weighted by atomic mass is 32.2. The summed E-state index contributed by atoms with van der Waals surface area (Å²) in [6.45, 7) is -0.468. The van der Waals surface area contributed by atoms with Crippen molar-refractivity contribution >= 4 is 35.1 Å². The lowest BCUT2D eigenvalue weighted by Gasteiger charge is -2.24. The van der Waals surface area contributed by atoms with E-state index >= 15 is 0 Å². The number of H-pyrrole nitrogens is 1. The predicted molar refractivity (Wildman–Crippen MR) is 90.4 cm³/mol. The molecule has 6 nitrogen and oxygen atoms in total. The first kappa shape index (κ1) is 19.0. The summed E-state index contributed by atoms with van der Waals surface area (Å²) in [6.07, 6.45) is -3.27. The number of hydrogen-bond acceptors (Lipinski definition) is 5. The number of halogens is 3. The predicted octanol–water partition coefficient (Wildman–Crippen LogP) is 3.26. The number of thioether (sulfide) groups is 1. The van der Waals surface area contributed by atoms with Gasteiger partial charge < -0.3 is 15.0 Å². The number of ketones is 1. The van der Waals surface area contributed by atoms with Crippen LogP contribution >= 0.6 is 11.8 Å². The van der Waals surface area contributed by atoms with Gasteiger partial charge >= 0.3 is 12.1 Å². The molecular formula is C17H13F3N2O4S. The highest BCUT2D eigenvalue weighted by molar-refractivity contribution is 8.01. The van der Waals surface area contributed by atoms with Crippen LogP contribution in [0.25, 0.3) is 0 Å². The summed E-state index contributed by atoms with van der Waals surface area (Å²) < 4.78 is 43.1. The van der Waals surface area contributed by atoms with Gasteiger partial charge in [-0.2, -0.15) is 13.2 Å². The number of aromatic amines is 1. The molecule has 2 N–H and O–H groups in total. The number of hydrogen-bond donors (Lipinski definition) is 2. The number of fused-ring (bicyclic) bond motifs is 1. The Hall–Kier alpha value is -2.75. The van der Waals surface area contributed by atoms with Gasteiger partial charge in [0.1, 0.15) is 0 Å². The number of aromatic nitrogens is 1. The zero-order chi connectivity index (χ0) is 19.6. The minimum absolute atomic E-state index is 0.0476. The Balaban J connectivity index is 1.59. The third-order valence-corrected chi connectivity index (χ3v) is 5.02. The highest BCUT2D eigenvalue weighted by Crippen LogP contribution is 2.40. The zero-order valence-electron chi connectivity index (χ0n) is 13.6. The van der Waals surface area contributed by atoms with E-state index in [2.05, 4.69) is 10.3 Å². The molecule has 142 valence electrons. The van der Waals surface area contributed by atoms with E-state index in [1.807, 2.05) is 0 Å². The van der Waals surface area contributed by atoms with E-state index in [1.54, 1.807) is 12.3 Å².